The van der Waals surface area contributed by atoms with E-state index in [9.17, 15) is 9.90 Å². The molecular weight excluding hydrogens is 352 g/mol. The Hall–Kier alpha value is -3.28. The van der Waals surface area contributed by atoms with Gasteiger partial charge in [-0.05, 0) is 55.7 Å². The standard InChI is InChI=1S/C22H24N4O2/c1-14-4-2-6-19-20(14)18(22(28)25-19)12-24-16-7-9-17(10-8-16)26-11-3-5-15(13-26)21(23)27/h2,4,6-10,12,15,25,28H,3,5,11,13H2,1H3,(H2,23,27). The number of amides is 1. The van der Waals surface area contributed by atoms with Crippen LogP contribution >= 0.6 is 0 Å². The molecule has 6 nitrogen and oxygen atoms in total. The van der Waals surface area contributed by atoms with Crippen molar-refractivity contribution in [3.05, 3.63) is 53.6 Å². The zero-order valence-electron chi connectivity index (χ0n) is 15.9. The van der Waals surface area contributed by atoms with Gasteiger partial charge in [-0.15, -0.1) is 0 Å². The van der Waals surface area contributed by atoms with Crippen molar-refractivity contribution in [1.82, 2.24) is 4.98 Å². The van der Waals surface area contributed by atoms with Gasteiger partial charge in [0.05, 0.1) is 17.2 Å². The van der Waals surface area contributed by atoms with Crippen LogP contribution in [0.25, 0.3) is 10.9 Å². The predicted molar refractivity (Wildman–Crippen MR) is 113 cm³/mol. The van der Waals surface area contributed by atoms with Crippen molar-refractivity contribution < 1.29 is 9.90 Å². The molecule has 0 aliphatic carbocycles. The maximum absolute atomic E-state index is 11.5. The van der Waals surface area contributed by atoms with Gasteiger partial charge in [-0.1, -0.05) is 12.1 Å². The molecular formula is C22H24N4O2. The molecule has 144 valence electrons. The first-order valence-electron chi connectivity index (χ1n) is 9.51. The molecule has 2 heterocycles. The average Bonchev–Trinajstić information content (AvgIpc) is 3.03. The molecule has 0 saturated carbocycles. The molecule has 2 aromatic carbocycles. The van der Waals surface area contributed by atoms with Crippen molar-refractivity contribution >= 4 is 34.4 Å². The molecule has 4 rings (SSSR count). The van der Waals surface area contributed by atoms with Gasteiger partial charge in [0.1, 0.15) is 0 Å². The minimum atomic E-state index is -0.222. The van der Waals surface area contributed by atoms with Crippen LogP contribution in [0.15, 0.2) is 47.5 Å². The van der Waals surface area contributed by atoms with Crippen LogP contribution in [0.5, 0.6) is 5.88 Å². The first kappa shape index (κ1) is 18.1. The Balaban J connectivity index is 1.54. The number of nitrogens with one attached hydrogen (secondary N) is 1. The fraction of sp³-hybridized carbons (Fsp3) is 0.273. The molecule has 1 fully saturated rings. The van der Waals surface area contributed by atoms with Gasteiger partial charge in [0.25, 0.3) is 0 Å². The normalized spacial score (nSPS) is 17.5. The average molecular weight is 376 g/mol. The first-order chi connectivity index (χ1) is 13.5. The lowest BCUT2D eigenvalue weighted by Crippen LogP contribution is -2.41. The van der Waals surface area contributed by atoms with E-state index in [4.69, 9.17) is 5.73 Å². The van der Waals surface area contributed by atoms with Gasteiger partial charge in [0, 0.05) is 35.9 Å². The Morgan fingerprint density at radius 2 is 2.07 bits per heavy atom. The number of carbonyl (C=O) groups excluding carboxylic acids is 1. The number of aryl methyl sites for hydroxylation is 1. The topological polar surface area (TPSA) is 94.7 Å². The van der Waals surface area contributed by atoms with Gasteiger partial charge in [-0.25, -0.2) is 0 Å². The Morgan fingerprint density at radius 1 is 1.29 bits per heavy atom. The Labute approximate surface area is 163 Å². The molecule has 1 amide bonds. The Kier molecular flexibility index (Phi) is 4.77. The number of anilines is 1. The first-order valence-corrected chi connectivity index (χ1v) is 9.51. The molecule has 3 aromatic rings. The van der Waals surface area contributed by atoms with Gasteiger partial charge in [-0.2, -0.15) is 0 Å². The highest BCUT2D eigenvalue weighted by Gasteiger charge is 2.24. The number of aliphatic imine (C=N–C) groups is 1. The van der Waals surface area contributed by atoms with Crippen LogP contribution < -0.4 is 10.6 Å². The number of H-pyrrole nitrogens is 1. The van der Waals surface area contributed by atoms with Gasteiger partial charge in [-0.3, -0.25) is 9.79 Å². The minimum absolute atomic E-state index is 0.0838. The molecule has 6 heteroatoms. The number of hydrogen-bond donors (Lipinski definition) is 3. The maximum Gasteiger partial charge on any atom is 0.222 e. The van der Waals surface area contributed by atoms with E-state index in [1.54, 1.807) is 6.21 Å². The van der Waals surface area contributed by atoms with Crippen molar-refractivity contribution in [2.45, 2.75) is 19.8 Å². The number of aromatic hydroxyl groups is 1. The summed E-state index contributed by atoms with van der Waals surface area (Å²) in [6.07, 6.45) is 3.52. The van der Waals surface area contributed by atoms with Crippen LogP contribution in [-0.2, 0) is 4.79 Å². The van der Waals surface area contributed by atoms with E-state index in [0.29, 0.717) is 12.1 Å². The largest absolute Gasteiger partial charge is 0.494 e. The fourth-order valence-electron chi connectivity index (χ4n) is 3.90. The highest BCUT2D eigenvalue weighted by molar-refractivity contribution is 6.04. The van der Waals surface area contributed by atoms with Crippen LogP contribution in [0.2, 0.25) is 0 Å². The molecule has 0 bridgehead atoms. The van der Waals surface area contributed by atoms with Crippen LogP contribution in [0.4, 0.5) is 11.4 Å². The van der Waals surface area contributed by atoms with Crippen LogP contribution in [-0.4, -0.2) is 35.3 Å². The van der Waals surface area contributed by atoms with E-state index < -0.39 is 0 Å². The number of piperidine rings is 1. The number of aromatic nitrogens is 1. The second-order valence-corrected chi connectivity index (χ2v) is 7.35. The van der Waals surface area contributed by atoms with Gasteiger partial charge in [0.2, 0.25) is 5.91 Å². The molecule has 1 aliphatic heterocycles. The number of carbonyl (C=O) groups is 1. The van der Waals surface area contributed by atoms with Crippen LogP contribution in [0.1, 0.15) is 24.0 Å². The zero-order valence-corrected chi connectivity index (χ0v) is 15.9. The molecule has 0 spiro atoms. The fourth-order valence-corrected chi connectivity index (χ4v) is 3.90. The summed E-state index contributed by atoms with van der Waals surface area (Å²) < 4.78 is 0. The third-order valence-corrected chi connectivity index (χ3v) is 5.43. The SMILES string of the molecule is Cc1cccc2[nH]c(O)c(C=Nc3ccc(N4CCCC(C(N)=O)C4)cc3)c12. The summed E-state index contributed by atoms with van der Waals surface area (Å²) in [6.45, 7) is 3.61. The third kappa shape index (κ3) is 3.45. The number of benzene rings is 2. The molecule has 4 N–H and O–H groups in total. The molecule has 1 aliphatic rings. The van der Waals surface area contributed by atoms with Crippen molar-refractivity contribution in [3.63, 3.8) is 0 Å². The molecule has 0 radical (unpaired) electrons. The number of rotatable bonds is 4. The van der Waals surface area contributed by atoms with E-state index in [1.807, 2.05) is 49.4 Å². The number of hydrogen-bond acceptors (Lipinski definition) is 4. The number of aromatic amines is 1. The molecule has 1 atom stereocenters. The quantitative estimate of drug-likeness (QED) is 0.607. The summed E-state index contributed by atoms with van der Waals surface area (Å²) >= 11 is 0. The van der Waals surface area contributed by atoms with E-state index >= 15 is 0 Å². The number of nitrogens with two attached hydrogens (primary N) is 1. The van der Waals surface area contributed by atoms with Gasteiger partial charge < -0.3 is 20.7 Å². The monoisotopic (exact) mass is 376 g/mol. The number of primary amides is 1. The second-order valence-electron chi connectivity index (χ2n) is 7.35. The van der Waals surface area contributed by atoms with Gasteiger partial charge >= 0.3 is 0 Å². The van der Waals surface area contributed by atoms with Crippen LogP contribution in [0.3, 0.4) is 0 Å². The lowest BCUT2D eigenvalue weighted by molar-refractivity contribution is -0.122. The zero-order chi connectivity index (χ0) is 19.7. The molecule has 28 heavy (non-hydrogen) atoms. The maximum atomic E-state index is 11.5. The summed E-state index contributed by atoms with van der Waals surface area (Å²) in [5, 5.41) is 11.2. The van der Waals surface area contributed by atoms with E-state index in [0.717, 1.165) is 47.2 Å². The second kappa shape index (κ2) is 7.38. The van der Waals surface area contributed by atoms with Crippen LogP contribution in [0, 0.1) is 12.8 Å². The molecule has 1 unspecified atom stereocenters. The summed E-state index contributed by atoms with van der Waals surface area (Å²) in [5.74, 6) is -0.185. The summed E-state index contributed by atoms with van der Waals surface area (Å²) in [4.78, 5) is 21.2. The lowest BCUT2D eigenvalue weighted by atomic mass is 9.97. The highest BCUT2D eigenvalue weighted by Crippen LogP contribution is 2.29. The minimum Gasteiger partial charge on any atom is -0.494 e. The van der Waals surface area contributed by atoms with Crippen molar-refractivity contribution in [1.29, 1.82) is 0 Å². The smallest absolute Gasteiger partial charge is 0.222 e. The van der Waals surface area contributed by atoms with E-state index in [2.05, 4.69) is 14.9 Å². The van der Waals surface area contributed by atoms with Crippen molar-refractivity contribution in [3.8, 4) is 5.88 Å². The predicted octanol–water partition coefficient (Wildman–Crippen LogP) is 3.63. The molecule has 1 aromatic heterocycles. The molecule has 1 saturated heterocycles. The van der Waals surface area contributed by atoms with E-state index in [-0.39, 0.29) is 17.7 Å². The number of fused-ring (bicyclic) bond motifs is 1. The number of nitrogens with zero attached hydrogens (tertiary/aromatic N) is 2. The Bertz CT molecular complexity index is 1040. The van der Waals surface area contributed by atoms with E-state index in [1.165, 1.54) is 0 Å². The summed E-state index contributed by atoms with van der Waals surface area (Å²) in [7, 11) is 0. The van der Waals surface area contributed by atoms with Crippen molar-refractivity contribution in [2.75, 3.05) is 18.0 Å². The van der Waals surface area contributed by atoms with Crippen molar-refractivity contribution in [2.24, 2.45) is 16.6 Å². The summed E-state index contributed by atoms with van der Waals surface area (Å²) in [5.41, 5.74) is 10.0. The highest BCUT2D eigenvalue weighted by atomic mass is 16.3. The third-order valence-electron chi connectivity index (χ3n) is 5.43. The Morgan fingerprint density at radius 3 is 2.82 bits per heavy atom. The lowest BCUT2D eigenvalue weighted by Gasteiger charge is -2.33. The van der Waals surface area contributed by atoms with Gasteiger partial charge in [0.15, 0.2) is 5.88 Å². The summed E-state index contributed by atoms with van der Waals surface area (Å²) in [6, 6.07) is 13.8.